The van der Waals surface area contributed by atoms with Gasteiger partial charge in [-0.25, -0.2) is 18.2 Å². The van der Waals surface area contributed by atoms with Crippen molar-refractivity contribution < 1.29 is 22.4 Å². The normalized spacial score (nSPS) is 11.4. The number of nitrogens with one attached hydrogen (secondary N) is 1. The number of hydrogen-bond donors (Lipinski definition) is 1. The highest BCUT2D eigenvalue weighted by Gasteiger charge is 2.15. The highest BCUT2D eigenvalue weighted by molar-refractivity contribution is 9.10. The maximum Gasteiger partial charge on any atom is 0.338 e. The van der Waals surface area contributed by atoms with E-state index in [0.29, 0.717) is 22.7 Å². The van der Waals surface area contributed by atoms with Crippen LogP contribution in [0.15, 0.2) is 86.6 Å². The van der Waals surface area contributed by atoms with Crippen molar-refractivity contribution in [1.29, 1.82) is 0 Å². The number of oxazole rings is 1. The molecule has 1 aromatic heterocycles. The molecular weight excluding hydrogens is 472 g/mol. The molecule has 3 aromatic carbocycles. The lowest BCUT2D eigenvalue weighted by atomic mass is 10.2. The minimum absolute atomic E-state index is 0.106. The fourth-order valence-corrected chi connectivity index (χ4v) is 4.02. The molecule has 0 aliphatic rings. The molecule has 152 valence electrons. The van der Waals surface area contributed by atoms with Crippen LogP contribution in [0.5, 0.6) is 0 Å². The van der Waals surface area contributed by atoms with Gasteiger partial charge in [-0.3, -0.25) is 4.72 Å². The monoisotopic (exact) mass is 486 g/mol. The Labute approximate surface area is 180 Å². The first-order valence-corrected chi connectivity index (χ1v) is 11.1. The number of ether oxygens (including phenoxy) is 1. The van der Waals surface area contributed by atoms with Gasteiger partial charge in [0.1, 0.15) is 5.52 Å². The Morgan fingerprint density at radius 3 is 2.40 bits per heavy atom. The lowest BCUT2D eigenvalue weighted by Crippen LogP contribution is -2.13. The molecule has 30 heavy (non-hydrogen) atoms. The first-order chi connectivity index (χ1) is 14.4. The summed E-state index contributed by atoms with van der Waals surface area (Å²) in [5, 5.41) is 0. The van der Waals surface area contributed by atoms with E-state index in [2.05, 4.69) is 25.6 Å². The van der Waals surface area contributed by atoms with Crippen LogP contribution in [0.4, 0.5) is 5.69 Å². The maximum atomic E-state index is 12.4. The summed E-state index contributed by atoms with van der Waals surface area (Å²) in [6, 6.07) is 19.5. The summed E-state index contributed by atoms with van der Waals surface area (Å²) in [6.45, 7) is -0.106. The standard InChI is InChI=1S/C21H15BrN2O5S/c22-15-7-11-17(12-8-15)30(26,27)24-16-9-5-14(6-10-16)21(25)28-13-20-23-18-3-1-2-4-19(18)29-20/h1-12,24H,13H2. The molecule has 0 atom stereocenters. The SMILES string of the molecule is O=C(OCc1nc2ccccc2o1)c1ccc(NS(=O)(=O)c2ccc(Br)cc2)cc1. The highest BCUT2D eigenvalue weighted by atomic mass is 79.9. The number of fused-ring (bicyclic) bond motifs is 1. The molecule has 0 aliphatic carbocycles. The first kappa shape index (κ1) is 20.1. The van der Waals surface area contributed by atoms with Gasteiger partial charge < -0.3 is 9.15 Å². The van der Waals surface area contributed by atoms with E-state index in [1.807, 2.05) is 12.1 Å². The molecule has 0 spiro atoms. The van der Waals surface area contributed by atoms with Crippen molar-refractivity contribution in [3.63, 3.8) is 0 Å². The lowest BCUT2D eigenvalue weighted by Gasteiger charge is -2.09. The van der Waals surface area contributed by atoms with Gasteiger partial charge in [0.05, 0.1) is 10.5 Å². The molecule has 0 saturated heterocycles. The van der Waals surface area contributed by atoms with E-state index in [1.54, 1.807) is 24.3 Å². The summed E-state index contributed by atoms with van der Waals surface area (Å²) in [6.07, 6.45) is 0. The molecule has 1 heterocycles. The molecule has 0 radical (unpaired) electrons. The van der Waals surface area contributed by atoms with E-state index < -0.39 is 16.0 Å². The molecule has 9 heteroatoms. The number of hydrogen-bond acceptors (Lipinski definition) is 6. The van der Waals surface area contributed by atoms with Gasteiger partial charge >= 0.3 is 5.97 Å². The van der Waals surface area contributed by atoms with Crippen molar-refractivity contribution in [2.75, 3.05) is 4.72 Å². The average molecular weight is 487 g/mol. The van der Waals surface area contributed by atoms with E-state index >= 15 is 0 Å². The van der Waals surface area contributed by atoms with Gasteiger partial charge in [-0.05, 0) is 60.7 Å². The Morgan fingerprint density at radius 2 is 1.70 bits per heavy atom. The molecule has 0 fully saturated rings. The number of esters is 1. The van der Waals surface area contributed by atoms with Crippen LogP contribution in [0.25, 0.3) is 11.1 Å². The highest BCUT2D eigenvalue weighted by Crippen LogP contribution is 2.20. The molecule has 0 saturated carbocycles. The Balaban J connectivity index is 1.40. The average Bonchev–Trinajstić information content (AvgIpc) is 3.16. The Hall–Kier alpha value is -3.17. The number of rotatable bonds is 6. The zero-order chi connectivity index (χ0) is 21.1. The van der Waals surface area contributed by atoms with Crippen molar-refractivity contribution in [2.45, 2.75) is 11.5 Å². The van der Waals surface area contributed by atoms with Gasteiger partial charge in [0.15, 0.2) is 12.2 Å². The fourth-order valence-electron chi connectivity index (χ4n) is 2.69. The number of halogens is 1. The number of benzene rings is 3. The molecule has 0 bridgehead atoms. The van der Waals surface area contributed by atoms with E-state index in [-0.39, 0.29) is 17.1 Å². The van der Waals surface area contributed by atoms with Crippen molar-refractivity contribution in [3.8, 4) is 0 Å². The molecule has 7 nitrogen and oxygen atoms in total. The van der Waals surface area contributed by atoms with Crippen LogP contribution < -0.4 is 4.72 Å². The zero-order valence-corrected chi connectivity index (χ0v) is 17.8. The number of anilines is 1. The number of carbonyl (C=O) groups excluding carboxylic acids is 1. The summed E-state index contributed by atoms with van der Waals surface area (Å²) in [5.74, 6) is -0.275. The maximum absolute atomic E-state index is 12.4. The predicted molar refractivity (Wildman–Crippen MR) is 115 cm³/mol. The Kier molecular flexibility index (Phi) is 5.56. The van der Waals surface area contributed by atoms with E-state index in [1.165, 1.54) is 36.4 Å². The van der Waals surface area contributed by atoms with Crippen LogP contribution in [-0.4, -0.2) is 19.4 Å². The largest absolute Gasteiger partial charge is 0.452 e. The second-order valence-corrected chi connectivity index (χ2v) is 8.89. The lowest BCUT2D eigenvalue weighted by molar-refractivity contribution is 0.0440. The van der Waals surface area contributed by atoms with Crippen LogP contribution >= 0.6 is 15.9 Å². The number of sulfonamides is 1. The summed E-state index contributed by atoms with van der Waals surface area (Å²) >= 11 is 3.27. The van der Waals surface area contributed by atoms with Crippen LogP contribution in [-0.2, 0) is 21.4 Å². The summed E-state index contributed by atoms with van der Waals surface area (Å²) < 4.78 is 38.8. The molecule has 1 N–H and O–H groups in total. The third-order valence-electron chi connectivity index (χ3n) is 4.16. The van der Waals surface area contributed by atoms with Crippen LogP contribution in [0.1, 0.15) is 16.2 Å². The molecular formula is C21H15BrN2O5S. The molecule has 0 amide bonds. The van der Waals surface area contributed by atoms with Crippen molar-refractivity contribution >= 4 is 48.7 Å². The van der Waals surface area contributed by atoms with Gasteiger partial charge in [0.2, 0.25) is 5.89 Å². The topological polar surface area (TPSA) is 98.5 Å². The number of carbonyl (C=O) groups is 1. The minimum atomic E-state index is -3.73. The second-order valence-electron chi connectivity index (χ2n) is 6.29. The molecule has 0 aliphatic heterocycles. The number of aromatic nitrogens is 1. The summed E-state index contributed by atoms with van der Waals surface area (Å²) in [4.78, 5) is 16.6. The van der Waals surface area contributed by atoms with Crippen molar-refractivity contribution in [3.05, 3.63) is 88.7 Å². The van der Waals surface area contributed by atoms with E-state index in [9.17, 15) is 13.2 Å². The third kappa shape index (κ3) is 4.52. The molecule has 4 aromatic rings. The molecule has 0 unspecified atom stereocenters. The Morgan fingerprint density at radius 1 is 1.00 bits per heavy atom. The fraction of sp³-hybridized carbons (Fsp3) is 0.0476. The summed E-state index contributed by atoms with van der Waals surface area (Å²) in [5.41, 5.74) is 1.91. The quantitative estimate of drug-likeness (QED) is 0.395. The van der Waals surface area contributed by atoms with Gasteiger partial charge in [0.25, 0.3) is 10.0 Å². The van der Waals surface area contributed by atoms with Gasteiger partial charge in [0, 0.05) is 10.2 Å². The third-order valence-corrected chi connectivity index (χ3v) is 6.09. The smallest absolute Gasteiger partial charge is 0.338 e. The van der Waals surface area contributed by atoms with Crippen molar-refractivity contribution in [2.24, 2.45) is 0 Å². The van der Waals surface area contributed by atoms with Gasteiger partial charge in [-0.1, -0.05) is 28.1 Å². The second kappa shape index (κ2) is 8.29. The van der Waals surface area contributed by atoms with E-state index in [0.717, 1.165) is 4.47 Å². The van der Waals surface area contributed by atoms with Gasteiger partial charge in [-0.15, -0.1) is 0 Å². The van der Waals surface area contributed by atoms with Crippen LogP contribution in [0.2, 0.25) is 0 Å². The first-order valence-electron chi connectivity index (χ1n) is 8.81. The van der Waals surface area contributed by atoms with Crippen LogP contribution in [0.3, 0.4) is 0 Å². The molecule has 4 rings (SSSR count). The van der Waals surface area contributed by atoms with Crippen molar-refractivity contribution in [1.82, 2.24) is 4.98 Å². The minimum Gasteiger partial charge on any atom is -0.452 e. The Bertz CT molecular complexity index is 1270. The van der Waals surface area contributed by atoms with E-state index in [4.69, 9.17) is 9.15 Å². The number of para-hydroxylation sites is 2. The predicted octanol–water partition coefficient (Wildman–Crippen LogP) is 4.75. The van der Waals surface area contributed by atoms with Crippen LogP contribution in [0, 0.1) is 0 Å². The summed E-state index contributed by atoms with van der Waals surface area (Å²) in [7, 11) is -3.73. The number of nitrogens with zero attached hydrogens (tertiary/aromatic N) is 1. The zero-order valence-electron chi connectivity index (χ0n) is 15.4. The van der Waals surface area contributed by atoms with Gasteiger partial charge in [-0.2, -0.15) is 0 Å².